The third-order valence-corrected chi connectivity index (χ3v) is 4.39. The fourth-order valence-electron chi connectivity index (χ4n) is 3.05. The van der Waals surface area contributed by atoms with Crippen LogP contribution in [-0.2, 0) is 0 Å². The summed E-state index contributed by atoms with van der Waals surface area (Å²) in [5, 5.41) is 13.5. The predicted octanol–water partition coefficient (Wildman–Crippen LogP) is 3.65. The molecular weight excluding hydrogens is 364 g/mol. The van der Waals surface area contributed by atoms with Crippen molar-refractivity contribution in [2.24, 2.45) is 0 Å². The van der Waals surface area contributed by atoms with Gasteiger partial charge in [0.05, 0.1) is 23.9 Å². The van der Waals surface area contributed by atoms with Crippen LogP contribution in [0.15, 0.2) is 30.8 Å². The van der Waals surface area contributed by atoms with E-state index < -0.39 is 11.6 Å². The standard InChI is InChI=1S/C21H17F2N3O2/c1-5-13-15(22)7-6-11-8-12(27)9-14(17(11)13)20-18(23)19(24)16(10(2)25-3)21(26-20)28-4/h1,6-9,25,27H,2H2,3-4H3,(H2,24,26). The van der Waals surface area contributed by atoms with Crippen LogP contribution in [-0.4, -0.2) is 24.2 Å². The molecule has 0 spiro atoms. The number of fused-ring (bicyclic) bond motifs is 1. The fourth-order valence-corrected chi connectivity index (χ4v) is 3.05. The molecule has 0 amide bonds. The molecule has 142 valence electrons. The van der Waals surface area contributed by atoms with Crippen molar-refractivity contribution >= 4 is 22.2 Å². The lowest BCUT2D eigenvalue weighted by molar-refractivity contribution is 0.395. The SMILES string of the molecule is C#Cc1c(F)ccc2cc(O)cc(-c3nc(OC)c(C(=C)NC)c(N)c3F)c12. The Labute approximate surface area is 160 Å². The van der Waals surface area contributed by atoms with Crippen molar-refractivity contribution in [2.75, 3.05) is 19.9 Å². The van der Waals surface area contributed by atoms with Crippen LogP contribution in [0.1, 0.15) is 11.1 Å². The number of ether oxygens (including phenoxy) is 1. The van der Waals surface area contributed by atoms with Crippen molar-refractivity contribution in [1.29, 1.82) is 0 Å². The minimum absolute atomic E-state index is 0.0170. The van der Waals surface area contributed by atoms with Gasteiger partial charge < -0.3 is 20.9 Å². The van der Waals surface area contributed by atoms with Crippen molar-refractivity contribution in [3.05, 3.63) is 53.6 Å². The van der Waals surface area contributed by atoms with Crippen LogP contribution in [0.3, 0.4) is 0 Å². The molecule has 0 radical (unpaired) electrons. The molecule has 0 aliphatic rings. The van der Waals surface area contributed by atoms with Crippen molar-refractivity contribution in [3.8, 4) is 35.2 Å². The first-order valence-electron chi connectivity index (χ1n) is 8.16. The van der Waals surface area contributed by atoms with E-state index in [0.717, 1.165) is 0 Å². The zero-order valence-corrected chi connectivity index (χ0v) is 15.2. The topological polar surface area (TPSA) is 80.4 Å². The van der Waals surface area contributed by atoms with Gasteiger partial charge in [-0.05, 0) is 23.6 Å². The number of rotatable bonds is 4. The third kappa shape index (κ3) is 2.85. The number of methoxy groups -OCH3 is 1. The lowest BCUT2D eigenvalue weighted by atomic mass is 9.95. The van der Waals surface area contributed by atoms with E-state index in [-0.39, 0.29) is 45.1 Å². The van der Waals surface area contributed by atoms with Crippen LogP contribution in [0.25, 0.3) is 27.7 Å². The minimum Gasteiger partial charge on any atom is -0.508 e. The molecule has 3 rings (SSSR count). The zero-order chi connectivity index (χ0) is 20.6. The summed E-state index contributed by atoms with van der Waals surface area (Å²) in [6.45, 7) is 3.77. The number of nitrogens with two attached hydrogens (primary N) is 1. The minimum atomic E-state index is -0.869. The van der Waals surface area contributed by atoms with E-state index >= 15 is 4.39 Å². The molecule has 4 N–H and O–H groups in total. The second-order valence-corrected chi connectivity index (χ2v) is 5.96. The largest absolute Gasteiger partial charge is 0.508 e. The Kier molecular flexibility index (Phi) is 4.80. The number of aromatic nitrogens is 1. The molecule has 3 aromatic rings. The smallest absolute Gasteiger partial charge is 0.225 e. The van der Waals surface area contributed by atoms with Crippen LogP contribution in [0.5, 0.6) is 11.6 Å². The fraction of sp³-hybridized carbons (Fsp3) is 0.0952. The molecule has 0 saturated heterocycles. The Hall–Kier alpha value is -3.79. The van der Waals surface area contributed by atoms with Gasteiger partial charge in [-0.1, -0.05) is 18.6 Å². The summed E-state index contributed by atoms with van der Waals surface area (Å²) in [5.41, 5.74) is 5.99. The van der Waals surface area contributed by atoms with Crippen molar-refractivity contribution in [2.45, 2.75) is 0 Å². The highest BCUT2D eigenvalue weighted by atomic mass is 19.1. The van der Waals surface area contributed by atoms with Gasteiger partial charge in [0.25, 0.3) is 0 Å². The number of aromatic hydroxyl groups is 1. The van der Waals surface area contributed by atoms with E-state index in [1.54, 1.807) is 7.05 Å². The number of nitrogen functional groups attached to an aromatic ring is 1. The first kappa shape index (κ1) is 19.0. The molecule has 0 bridgehead atoms. The van der Waals surface area contributed by atoms with Gasteiger partial charge in [-0.25, -0.2) is 13.8 Å². The van der Waals surface area contributed by atoms with Gasteiger partial charge in [0.15, 0.2) is 5.82 Å². The second-order valence-electron chi connectivity index (χ2n) is 5.96. The van der Waals surface area contributed by atoms with Crippen LogP contribution in [0.4, 0.5) is 14.5 Å². The van der Waals surface area contributed by atoms with E-state index in [2.05, 4.69) is 22.8 Å². The normalized spacial score (nSPS) is 10.5. The molecule has 0 saturated carbocycles. The average Bonchev–Trinajstić information content (AvgIpc) is 2.68. The lowest BCUT2D eigenvalue weighted by Gasteiger charge is -2.17. The van der Waals surface area contributed by atoms with Gasteiger partial charge in [-0.3, -0.25) is 0 Å². The number of hydrogen-bond donors (Lipinski definition) is 3. The molecule has 0 fully saturated rings. The number of terminal acetylenes is 1. The Bertz CT molecular complexity index is 1170. The Morgan fingerprint density at radius 2 is 2.07 bits per heavy atom. The third-order valence-electron chi connectivity index (χ3n) is 4.39. The number of nitrogens with zero attached hydrogens (tertiary/aromatic N) is 1. The quantitative estimate of drug-likeness (QED) is 0.601. The number of nitrogens with one attached hydrogen (secondary N) is 1. The number of pyridine rings is 1. The predicted molar refractivity (Wildman–Crippen MR) is 106 cm³/mol. The molecular formula is C21H17F2N3O2. The van der Waals surface area contributed by atoms with E-state index in [0.29, 0.717) is 11.1 Å². The highest BCUT2D eigenvalue weighted by Gasteiger charge is 2.24. The molecule has 0 atom stereocenters. The van der Waals surface area contributed by atoms with E-state index in [4.69, 9.17) is 16.9 Å². The van der Waals surface area contributed by atoms with Gasteiger partial charge in [0, 0.05) is 23.7 Å². The number of halogens is 2. The summed E-state index contributed by atoms with van der Waals surface area (Å²) >= 11 is 0. The van der Waals surface area contributed by atoms with Gasteiger partial charge in [0.2, 0.25) is 5.88 Å². The van der Waals surface area contributed by atoms with Crippen molar-refractivity contribution in [1.82, 2.24) is 10.3 Å². The molecule has 1 aromatic heterocycles. The summed E-state index contributed by atoms with van der Waals surface area (Å²) < 4.78 is 34.7. The van der Waals surface area contributed by atoms with Crippen LogP contribution >= 0.6 is 0 Å². The Morgan fingerprint density at radius 1 is 1.36 bits per heavy atom. The number of phenols is 1. The molecule has 2 aromatic carbocycles. The molecule has 28 heavy (non-hydrogen) atoms. The average molecular weight is 381 g/mol. The molecule has 0 aliphatic heterocycles. The number of anilines is 1. The van der Waals surface area contributed by atoms with Crippen LogP contribution in [0, 0.1) is 24.0 Å². The van der Waals surface area contributed by atoms with Crippen LogP contribution in [0.2, 0.25) is 0 Å². The molecule has 5 nitrogen and oxygen atoms in total. The number of hydrogen-bond acceptors (Lipinski definition) is 5. The summed E-state index contributed by atoms with van der Waals surface area (Å²) in [4.78, 5) is 4.21. The summed E-state index contributed by atoms with van der Waals surface area (Å²) in [6.07, 6.45) is 5.47. The van der Waals surface area contributed by atoms with Gasteiger partial charge in [-0.15, -0.1) is 6.42 Å². The Morgan fingerprint density at radius 3 is 2.68 bits per heavy atom. The molecule has 7 heteroatoms. The first-order chi connectivity index (χ1) is 13.3. The van der Waals surface area contributed by atoms with Gasteiger partial charge >= 0.3 is 0 Å². The van der Waals surface area contributed by atoms with Gasteiger partial charge in [-0.2, -0.15) is 0 Å². The van der Waals surface area contributed by atoms with Crippen molar-refractivity contribution in [3.63, 3.8) is 0 Å². The zero-order valence-electron chi connectivity index (χ0n) is 15.2. The first-order valence-corrected chi connectivity index (χ1v) is 8.16. The molecule has 0 unspecified atom stereocenters. The van der Waals surface area contributed by atoms with E-state index in [1.807, 2.05) is 0 Å². The summed E-state index contributed by atoms with van der Waals surface area (Å²) in [6, 6.07) is 5.26. The maximum atomic E-state index is 15.2. The number of benzene rings is 2. The number of phenolic OH excluding ortho intramolecular Hbond substituents is 1. The molecule has 0 aliphatic carbocycles. The maximum Gasteiger partial charge on any atom is 0.225 e. The van der Waals surface area contributed by atoms with E-state index in [1.165, 1.54) is 31.4 Å². The Balaban J connectivity index is 2.47. The second kappa shape index (κ2) is 7.08. The maximum absolute atomic E-state index is 15.2. The summed E-state index contributed by atoms with van der Waals surface area (Å²) in [5.74, 6) is 0.606. The molecule has 1 heterocycles. The highest BCUT2D eigenvalue weighted by molar-refractivity contribution is 6.02. The van der Waals surface area contributed by atoms with Crippen molar-refractivity contribution < 1.29 is 18.6 Å². The monoisotopic (exact) mass is 381 g/mol. The summed E-state index contributed by atoms with van der Waals surface area (Å²) in [7, 11) is 2.95. The highest BCUT2D eigenvalue weighted by Crippen LogP contribution is 2.40. The van der Waals surface area contributed by atoms with E-state index in [9.17, 15) is 9.50 Å². The van der Waals surface area contributed by atoms with Crippen LogP contribution < -0.4 is 15.8 Å². The lowest BCUT2D eigenvalue weighted by Crippen LogP contribution is -2.11. The van der Waals surface area contributed by atoms with Gasteiger partial charge in [0.1, 0.15) is 17.3 Å².